The molecule has 0 amide bonds. The van der Waals surface area contributed by atoms with Gasteiger partial charge < -0.3 is 18.1 Å². The summed E-state index contributed by atoms with van der Waals surface area (Å²) < 4.78 is 68.8. The van der Waals surface area contributed by atoms with Crippen molar-refractivity contribution >= 4 is 31.0 Å². The Kier molecular flexibility index (Phi) is 10.9. The van der Waals surface area contributed by atoms with Crippen molar-refractivity contribution in [3.63, 3.8) is 0 Å². The van der Waals surface area contributed by atoms with Crippen molar-refractivity contribution < 1.29 is 34.9 Å². The van der Waals surface area contributed by atoms with Gasteiger partial charge in [-0.2, -0.15) is 0 Å². The molecule has 2 aliphatic rings. The number of fused-ring (bicyclic) bond motifs is 1. The van der Waals surface area contributed by atoms with Crippen molar-refractivity contribution in [1.29, 1.82) is 0 Å². The van der Waals surface area contributed by atoms with Crippen LogP contribution in [0.5, 0.6) is 0 Å². The molecule has 0 N–H and O–H groups in total. The van der Waals surface area contributed by atoms with Crippen LogP contribution < -0.4 is 0 Å². The molecule has 0 bridgehead atoms. The fraction of sp³-hybridized carbons (Fsp3) is 0.615. The Morgan fingerprint density at radius 3 is 1.14 bits per heavy atom. The minimum absolute atomic E-state index is 0.0792. The lowest BCUT2D eigenvalue weighted by atomic mass is 10.1. The van der Waals surface area contributed by atoms with E-state index in [2.05, 4.69) is 27.9 Å². The second-order valence-electron chi connectivity index (χ2n) is 10.4. The number of quaternary nitrogens is 2. The van der Waals surface area contributed by atoms with Gasteiger partial charge in [0.15, 0.2) is 0 Å². The van der Waals surface area contributed by atoms with E-state index in [0.29, 0.717) is 0 Å². The first-order valence-electron chi connectivity index (χ1n) is 12.9. The molecule has 36 heavy (non-hydrogen) atoms. The predicted octanol–water partition coefficient (Wildman–Crippen LogP) is 3.92. The SMILES string of the molecule is CC[N+]1(C)CCCCC1.CC[N+]1(C)CCCCC1.O=S(=O)([O-])c1cccc2c(S(=O)(=O)[O-])cccc12. The van der Waals surface area contributed by atoms with E-state index in [-0.39, 0.29) is 10.8 Å². The van der Waals surface area contributed by atoms with Crippen LogP contribution in [0, 0.1) is 0 Å². The quantitative estimate of drug-likeness (QED) is 0.427. The summed E-state index contributed by atoms with van der Waals surface area (Å²) in [7, 11) is -4.73. The number of hydrogen-bond acceptors (Lipinski definition) is 6. The van der Waals surface area contributed by atoms with Gasteiger partial charge in [0.25, 0.3) is 0 Å². The molecule has 0 unspecified atom stereocenters. The van der Waals surface area contributed by atoms with E-state index in [0.717, 1.165) is 12.1 Å². The largest absolute Gasteiger partial charge is 0.744 e. The Hall–Kier alpha value is -1.56. The molecule has 204 valence electrons. The van der Waals surface area contributed by atoms with Crippen molar-refractivity contribution in [3.8, 4) is 0 Å². The molecule has 2 heterocycles. The first-order chi connectivity index (χ1) is 16.7. The third-order valence-electron chi connectivity index (χ3n) is 7.70. The Labute approximate surface area is 217 Å². The molecule has 2 fully saturated rings. The summed E-state index contributed by atoms with van der Waals surface area (Å²) in [6.45, 7) is 12.9. The maximum Gasteiger partial charge on any atom is 0.125 e. The zero-order valence-electron chi connectivity index (χ0n) is 22.1. The van der Waals surface area contributed by atoms with Crippen molar-refractivity contribution in [1.82, 2.24) is 0 Å². The molecule has 0 atom stereocenters. The van der Waals surface area contributed by atoms with E-state index in [4.69, 9.17) is 0 Å². The lowest BCUT2D eigenvalue weighted by molar-refractivity contribution is -0.912. The summed E-state index contributed by atoms with van der Waals surface area (Å²) in [6.07, 6.45) is 8.73. The number of likely N-dealkylation sites (tertiary alicyclic amines) is 2. The monoisotopic (exact) mass is 542 g/mol. The van der Waals surface area contributed by atoms with Gasteiger partial charge in [-0.1, -0.05) is 24.3 Å². The van der Waals surface area contributed by atoms with E-state index < -0.39 is 30.0 Å². The van der Waals surface area contributed by atoms with Gasteiger partial charge in [-0.25, -0.2) is 16.8 Å². The van der Waals surface area contributed by atoms with Crippen LogP contribution in [0.4, 0.5) is 0 Å². The van der Waals surface area contributed by atoms with E-state index in [9.17, 15) is 25.9 Å². The van der Waals surface area contributed by atoms with Crippen LogP contribution in [-0.2, 0) is 20.2 Å². The number of nitrogens with zero attached hydrogens (tertiary/aromatic N) is 2. The van der Waals surface area contributed by atoms with Crippen molar-refractivity contribution in [2.24, 2.45) is 0 Å². The smallest absolute Gasteiger partial charge is 0.125 e. The van der Waals surface area contributed by atoms with Crippen LogP contribution in [0.3, 0.4) is 0 Å². The number of hydrogen-bond donors (Lipinski definition) is 0. The van der Waals surface area contributed by atoms with Gasteiger partial charge in [-0.15, -0.1) is 0 Å². The van der Waals surface area contributed by atoms with Gasteiger partial charge in [-0.05, 0) is 64.5 Å². The van der Waals surface area contributed by atoms with Crippen LogP contribution in [-0.4, -0.2) is 88.3 Å². The van der Waals surface area contributed by atoms with Crippen LogP contribution in [0.25, 0.3) is 10.8 Å². The van der Waals surface area contributed by atoms with Crippen molar-refractivity contribution in [3.05, 3.63) is 36.4 Å². The minimum Gasteiger partial charge on any atom is -0.744 e. The average molecular weight is 543 g/mol. The van der Waals surface area contributed by atoms with Crippen molar-refractivity contribution in [2.75, 3.05) is 53.4 Å². The van der Waals surface area contributed by atoms with Crippen LogP contribution in [0.2, 0.25) is 0 Å². The Morgan fingerprint density at radius 1 is 0.611 bits per heavy atom. The molecule has 2 aromatic rings. The zero-order chi connectivity index (χ0) is 27.0. The van der Waals surface area contributed by atoms with Crippen LogP contribution >= 0.6 is 0 Å². The van der Waals surface area contributed by atoms with E-state index in [1.54, 1.807) is 0 Å². The van der Waals surface area contributed by atoms with Gasteiger partial charge in [0.05, 0.1) is 63.2 Å². The number of benzene rings is 2. The Bertz CT molecular complexity index is 1100. The third kappa shape index (κ3) is 8.78. The van der Waals surface area contributed by atoms with Crippen LogP contribution in [0.15, 0.2) is 46.2 Å². The Morgan fingerprint density at radius 2 is 0.917 bits per heavy atom. The molecule has 2 aliphatic heterocycles. The van der Waals surface area contributed by atoms with Gasteiger partial charge in [0, 0.05) is 10.8 Å². The van der Waals surface area contributed by atoms with Gasteiger partial charge in [-0.3, -0.25) is 0 Å². The van der Waals surface area contributed by atoms with Gasteiger partial charge in [0.2, 0.25) is 0 Å². The molecular weight excluding hydrogens is 500 g/mol. The van der Waals surface area contributed by atoms with Gasteiger partial charge >= 0.3 is 0 Å². The summed E-state index contributed by atoms with van der Waals surface area (Å²) in [5.41, 5.74) is 0. The highest BCUT2D eigenvalue weighted by atomic mass is 32.2. The zero-order valence-corrected chi connectivity index (χ0v) is 23.7. The molecule has 0 saturated carbocycles. The highest BCUT2D eigenvalue weighted by molar-refractivity contribution is 7.86. The predicted molar refractivity (Wildman–Crippen MR) is 140 cm³/mol. The lowest BCUT2D eigenvalue weighted by Gasteiger charge is -2.36. The fourth-order valence-corrected chi connectivity index (χ4v) is 6.26. The lowest BCUT2D eigenvalue weighted by Crippen LogP contribution is -2.47. The maximum atomic E-state index is 11.0. The van der Waals surface area contributed by atoms with E-state index in [1.165, 1.54) is 111 Å². The molecule has 4 rings (SSSR count). The number of piperidine rings is 2. The first-order valence-corrected chi connectivity index (χ1v) is 15.7. The first kappa shape index (κ1) is 30.7. The normalized spacial score (nSPS) is 19.4. The van der Waals surface area contributed by atoms with Gasteiger partial charge in [0.1, 0.15) is 20.2 Å². The topological polar surface area (TPSA) is 114 Å². The highest BCUT2D eigenvalue weighted by Gasteiger charge is 2.22. The molecule has 2 saturated heterocycles. The summed E-state index contributed by atoms with van der Waals surface area (Å²) in [5.74, 6) is 0. The molecule has 0 aliphatic carbocycles. The second kappa shape index (κ2) is 12.8. The summed E-state index contributed by atoms with van der Waals surface area (Å²) in [6, 6.07) is 7.09. The molecule has 8 nitrogen and oxygen atoms in total. The summed E-state index contributed by atoms with van der Waals surface area (Å²) in [4.78, 5) is -1.10. The van der Waals surface area contributed by atoms with E-state index in [1.807, 2.05) is 0 Å². The Balaban J connectivity index is 0.000000212. The molecule has 2 aromatic carbocycles. The summed E-state index contributed by atoms with van der Waals surface area (Å²) in [5, 5.41) is -0.158. The molecule has 0 aromatic heterocycles. The minimum atomic E-state index is -4.74. The van der Waals surface area contributed by atoms with E-state index >= 15 is 0 Å². The third-order valence-corrected chi connectivity index (χ3v) is 9.49. The summed E-state index contributed by atoms with van der Waals surface area (Å²) >= 11 is 0. The number of rotatable bonds is 4. The highest BCUT2D eigenvalue weighted by Crippen LogP contribution is 2.28. The molecular formula is C26H42N2O6S2. The fourth-order valence-electron chi connectivity index (χ4n) is 4.87. The molecule has 10 heteroatoms. The average Bonchev–Trinajstić information content (AvgIpc) is 2.84. The maximum absolute atomic E-state index is 11.0. The van der Waals surface area contributed by atoms with Crippen LogP contribution in [0.1, 0.15) is 52.4 Å². The second-order valence-corrected chi connectivity index (χ2v) is 13.1. The molecule has 0 spiro atoms. The molecule has 0 radical (unpaired) electrons. The standard InChI is InChI=1S/C10H8O6S2.2C8H18N/c11-17(12,13)9-5-1-3-7-8(9)4-2-6-10(7)18(14,15)16;2*1-3-9(2)7-5-4-6-8-9/h1-6H,(H,11,12,13)(H,14,15,16);2*3-8H2,1-2H3/q;2*+1/p-2. The van der Waals surface area contributed by atoms with Crippen molar-refractivity contribution in [2.45, 2.75) is 62.2 Å².